The van der Waals surface area contributed by atoms with E-state index in [0.717, 1.165) is 37.1 Å². The van der Waals surface area contributed by atoms with Gasteiger partial charge < -0.3 is 9.64 Å². The molecule has 0 bridgehead atoms. The first kappa shape index (κ1) is 16.8. The first-order valence-corrected chi connectivity index (χ1v) is 9.50. The van der Waals surface area contributed by atoms with E-state index in [0.29, 0.717) is 6.61 Å². The number of fused-ring (bicyclic) bond motifs is 1. The van der Waals surface area contributed by atoms with Crippen LogP contribution < -0.4 is 4.74 Å². The van der Waals surface area contributed by atoms with E-state index in [1.165, 1.54) is 39.0 Å². The maximum atomic E-state index is 5.86. The van der Waals surface area contributed by atoms with Crippen LogP contribution in [0.1, 0.15) is 12.8 Å². The Bertz CT molecular complexity index is 638. The molecule has 4 heterocycles. The van der Waals surface area contributed by atoms with Crippen LogP contribution in [0.2, 0.25) is 0 Å². The van der Waals surface area contributed by atoms with Crippen LogP contribution in [0.3, 0.4) is 0 Å². The molecule has 2 saturated heterocycles. The van der Waals surface area contributed by atoms with Gasteiger partial charge in [-0.3, -0.25) is 9.80 Å². The quantitative estimate of drug-likeness (QED) is 0.821. The summed E-state index contributed by atoms with van der Waals surface area (Å²) >= 11 is 0. The molecule has 0 atom stereocenters. The zero-order chi connectivity index (χ0) is 17.1. The lowest BCUT2D eigenvalue weighted by Gasteiger charge is -2.42. The third-order valence-electron chi connectivity index (χ3n) is 5.62. The van der Waals surface area contributed by atoms with E-state index in [-0.39, 0.29) is 0 Å². The van der Waals surface area contributed by atoms with Gasteiger partial charge in [0, 0.05) is 51.0 Å². The molecule has 2 aromatic heterocycles. The van der Waals surface area contributed by atoms with Crippen molar-refractivity contribution in [3.63, 3.8) is 0 Å². The van der Waals surface area contributed by atoms with Crippen LogP contribution in [-0.2, 0) is 0 Å². The Morgan fingerprint density at radius 2 is 1.88 bits per heavy atom. The fourth-order valence-corrected chi connectivity index (χ4v) is 3.98. The maximum Gasteiger partial charge on any atom is 0.233 e. The number of rotatable bonds is 5. The number of piperidine rings is 1. The van der Waals surface area contributed by atoms with Crippen LogP contribution >= 0.6 is 0 Å². The van der Waals surface area contributed by atoms with Crippen molar-refractivity contribution < 1.29 is 4.74 Å². The summed E-state index contributed by atoms with van der Waals surface area (Å²) in [5.41, 5.74) is 1.07. The number of hydrogen-bond donors (Lipinski definition) is 0. The van der Waals surface area contributed by atoms with Gasteiger partial charge in [-0.05, 0) is 45.1 Å². The lowest BCUT2D eigenvalue weighted by molar-refractivity contribution is 0.0590. The average Bonchev–Trinajstić information content (AvgIpc) is 3.06. The molecular formula is C19H29N5O. The van der Waals surface area contributed by atoms with Crippen molar-refractivity contribution in [1.29, 1.82) is 0 Å². The SMILES string of the molecule is CN1CCC(N2CCN(CCOc3cc4ccccn4n3)CC2)CC1. The van der Waals surface area contributed by atoms with Crippen molar-refractivity contribution in [1.82, 2.24) is 24.3 Å². The van der Waals surface area contributed by atoms with E-state index in [1.807, 2.05) is 35.0 Å². The minimum absolute atomic E-state index is 0.706. The lowest BCUT2D eigenvalue weighted by atomic mass is 10.0. The van der Waals surface area contributed by atoms with Crippen molar-refractivity contribution in [3.05, 3.63) is 30.5 Å². The molecule has 6 nitrogen and oxygen atoms in total. The van der Waals surface area contributed by atoms with Crippen molar-refractivity contribution in [2.45, 2.75) is 18.9 Å². The summed E-state index contributed by atoms with van der Waals surface area (Å²) in [7, 11) is 2.23. The second-order valence-corrected chi connectivity index (χ2v) is 7.31. The lowest BCUT2D eigenvalue weighted by Crippen LogP contribution is -2.53. The Labute approximate surface area is 149 Å². The van der Waals surface area contributed by atoms with E-state index < -0.39 is 0 Å². The Kier molecular flexibility index (Phi) is 5.20. The number of aromatic nitrogens is 2. The minimum Gasteiger partial charge on any atom is -0.475 e. The number of ether oxygens (including phenoxy) is 1. The fraction of sp³-hybridized carbons (Fsp3) is 0.632. The summed E-state index contributed by atoms with van der Waals surface area (Å²) in [5.74, 6) is 0.719. The molecule has 0 saturated carbocycles. The summed E-state index contributed by atoms with van der Waals surface area (Å²) in [6.07, 6.45) is 4.60. The van der Waals surface area contributed by atoms with Crippen molar-refractivity contribution in [2.75, 3.05) is 59.5 Å². The molecule has 6 heteroatoms. The van der Waals surface area contributed by atoms with Crippen LogP contribution in [0.25, 0.3) is 5.52 Å². The monoisotopic (exact) mass is 343 g/mol. The largest absolute Gasteiger partial charge is 0.475 e. The van der Waals surface area contributed by atoms with E-state index >= 15 is 0 Å². The highest BCUT2D eigenvalue weighted by Gasteiger charge is 2.26. The first-order valence-electron chi connectivity index (χ1n) is 9.50. The van der Waals surface area contributed by atoms with Gasteiger partial charge in [-0.15, -0.1) is 5.10 Å². The minimum atomic E-state index is 0.706. The molecule has 25 heavy (non-hydrogen) atoms. The van der Waals surface area contributed by atoms with Gasteiger partial charge in [0.1, 0.15) is 6.61 Å². The topological polar surface area (TPSA) is 36.2 Å². The van der Waals surface area contributed by atoms with Gasteiger partial charge in [0.25, 0.3) is 0 Å². The molecule has 0 amide bonds. The zero-order valence-electron chi connectivity index (χ0n) is 15.2. The van der Waals surface area contributed by atoms with Crippen molar-refractivity contribution in [2.24, 2.45) is 0 Å². The molecule has 0 unspecified atom stereocenters. The van der Waals surface area contributed by atoms with Gasteiger partial charge in [-0.25, -0.2) is 4.52 Å². The molecule has 2 aliphatic rings. The van der Waals surface area contributed by atoms with Gasteiger partial charge >= 0.3 is 0 Å². The van der Waals surface area contributed by atoms with Crippen LogP contribution in [-0.4, -0.2) is 89.8 Å². The molecule has 2 fully saturated rings. The molecule has 2 aliphatic heterocycles. The zero-order valence-corrected chi connectivity index (χ0v) is 15.2. The molecular weight excluding hydrogens is 314 g/mol. The number of pyridine rings is 1. The highest BCUT2D eigenvalue weighted by Crippen LogP contribution is 2.17. The summed E-state index contributed by atoms with van der Waals surface area (Å²) in [5, 5.41) is 4.44. The molecule has 0 radical (unpaired) electrons. The first-order chi connectivity index (χ1) is 12.3. The Morgan fingerprint density at radius 1 is 1.08 bits per heavy atom. The normalized spacial score (nSPS) is 21.8. The van der Waals surface area contributed by atoms with Crippen LogP contribution in [0.15, 0.2) is 30.5 Å². The Hall–Kier alpha value is -1.63. The van der Waals surface area contributed by atoms with Gasteiger partial charge in [0.2, 0.25) is 5.88 Å². The molecule has 0 aromatic carbocycles. The summed E-state index contributed by atoms with van der Waals surface area (Å²) in [4.78, 5) is 7.66. The summed E-state index contributed by atoms with van der Waals surface area (Å²) < 4.78 is 7.71. The van der Waals surface area contributed by atoms with E-state index in [2.05, 4.69) is 26.8 Å². The second kappa shape index (κ2) is 7.72. The third kappa shape index (κ3) is 4.14. The van der Waals surface area contributed by atoms with Gasteiger partial charge in [-0.1, -0.05) is 6.07 Å². The number of likely N-dealkylation sites (tertiary alicyclic amines) is 1. The molecule has 136 valence electrons. The van der Waals surface area contributed by atoms with Gasteiger partial charge in [-0.2, -0.15) is 0 Å². The van der Waals surface area contributed by atoms with Crippen LogP contribution in [0.5, 0.6) is 5.88 Å². The van der Waals surface area contributed by atoms with Gasteiger partial charge in [0.05, 0.1) is 5.52 Å². The average molecular weight is 343 g/mol. The summed E-state index contributed by atoms with van der Waals surface area (Å²) in [6, 6.07) is 8.84. The Morgan fingerprint density at radius 3 is 2.64 bits per heavy atom. The maximum absolute atomic E-state index is 5.86. The summed E-state index contributed by atoms with van der Waals surface area (Å²) in [6.45, 7) is 8.88. The van der Waals surface area contributed by atoms with Crippen LogP contribution in [0.4, 0.5) is 0 Å². The number of piperazine rings is 1. The van der Waals surface area contributed by atoms with E-state index in [9.17, 15) is 0 Å². The molecule has 0 aliphatic carbocycles. The predicted molar refractivity (Wildman–Crippen MR) is 99.2 cm³/mol. The van der Waals surface area contributed by atoms with Crippen LogP contribution in [0, 0.1) is 0 Å². The Balaban J connectivity index is 1.19. The second-order valence-electron chi connectivity index (χ2n) is 7.31. The standard InChI is InChI=1S/C19H29N5O/c1-21-8-5-17(6-9-21)23-12-10-22(11-13-23)14-15-25-19-16-18-4-2-3-7-24(18)20-19/h2-4,7,16-17H,5-6,8-15H2,1H3. The molecule has 2 aromatic rings. The molecule has 4 rings (SSSR count). The van der Waals surface area contributed by atoms with Crippen molar-refractivity contribution in [3.8, 4) is 5.88 Å². The predicted octanol–water partition coefficient (Wildman–Crippen LogP) is 1.42. The number of hydrogen-bond acceptors (Lipinski definition) is 5. The molecule has 0 spiro atoms. The highest BCUT2D eigenvalue weighted by molar-refractivity contribution is 5.48. The highest BCUT2D eigenvalue weighted by atomic mass is 16.5. The van der Waals surface area contributed by atoms with E-state index in [1.54, 1.807) is 0 Å². The third-order valence-corrected chi connectivity index (χ3v) is 5.62. The van der Waals surface area contributed by atoms with Gasteiger partial charge in [0.15, 0.2) is 0 Å². The van der Waals surface area contributed by atoms with Crippen molar-refractivity contribution >= 4 is 5.52 Å². The fourth-order valence-electron chi connectivity index (χ4n) is 3.98. The molecule has 0 N–H and O–H groups in total. The van der Waals surface area contributed by atoms with E-state index in [4.69, 9.17) is 4.74 Å². The smallest absolute Gasteiger partial charge is 0.233 e. The number of nitrogens with zero attached hydrogens (tertiary/aromatic N) is 5.